The van der Waals surface area contributed by atoms with Gasteiger partial charge in [-0.1, -0.05) is 30.3 Å². The van der Waals surface area contributed by atoms with Crippen LogP contribution in [-0.4, -0.2) is 19.0 Å². The molecule has 2 fully saturated rings. The third-order valence-corrected chi connectivity index (χ3v) is 4.76. The van der Waals surface area contributed by atoms with Crippen molar-refractivity contribution in [2.45, 2.75) is 32.2 Å². The third-order valence-electron chi connectivity index (χ3n) is 4.76. The van der Waals surface area contributed by atoms with Gasteiger partial charge in [-0.05, 0) is 50.3 Å². The fourth-order valence-electron chi connectivity index (χ4n) is 3.33. The Morgan fingerprint density at radius 2 is 1.95 bits per heavy atom. The van der Waals surface area contributed by atoms with Gasteiger partial charge >= 0.3 is 0 Å². The number of rotatable bonds is 3. The molecular formula is C16H23ClN2O. The Morgan fingerprint density at radius 3 is 2.60 bits per heavy atom. The maximum absolute atomic E-state index is 12.3. The van der Waals surface area contributed by atoms with Crippen molar-refractivity contribution in [1.29, 1.82) is 0 Å². The van der Waals surface area contributed by atoms with Gasteiger partial charge in [0.15, 0.2) is 0 Å². The van der Waals surface area contributed by atoms with E-state index in [4.69, 9.17) is 0 Å². The molecule has 1 amide bonds. The largest absolute Gasteiger partial charge is 0.349 e. The highest BCUT2D eigenvalue weighted by atomic mass is 35.5. The summed E-state index contributed by atoms with van der Waals surface area (Å²) in [5, 5.41) is 6.55. The molecule has 1 aliphatic heterocycles. The number of piperidine rings is 1. The molecule has 4 heteroatoms. The molecule has 3 nitrogen and oxygen atoms in total. The molecule has 0 bridgehead atoms. The first-order valence-electron chi connectivity index (χ1n) is 7.27. The number of carbonyl (C=O) groups excluding carboxylic acids is 1. The van der Waals surface area contributed by atoms with Crippen molar-refractivity contribution < 1.29 is 4.79 Å². The summed E-state index contributed by atoms with van der Waals surface area (Å²) in [7, 11) is 0. The van der Waals surface area contributed by atoms with Gasteiger partial charge in [0.2, 0.25) is 5.91 Å². The van der Waals surface area contributed by atoms with Crippen LogP contribution >= 0.6 is 12.4 Å². The van der Waals surface area contributed by atoms with Crippen LogP contribution in [0.5, 0.6) is 0 Å². The van der Waals surface area contributed by atoms with E-state index >= 15 is 0 Å². The quantitative estimate of drug-likeness (QED) is 0.900. The SMILES string of the molecule is CC(NC(=O)C1CC12CCNCC2)c1ccccc1.Cl. The predicted octanol–water partition coefficient (Wildman–Crippen LogP) is 2.68. The minimum atomic E-state index is 0. The van der Waals surface area contributed by atoms with E-state index in [0.29, 0.717) is 5.41 Å². The lowest BCUT2D eigenvalue weighted by molar-refractivity contribution is -0.123. The van der Waals surface area contributed by atoms with Gasteiger partial charge in [0, 0.05) is 5.92 Å². The van der Waals surface area contributed by atoms with E-state index in [-0.39, 0.29) is 30.3 Å². The summed E-state index contributed by atoms with van der Waals surface area (Å²) < 4.78 is 0. The predicted molar refractivity (Wildman–Crippen MR) is 82.9 cm³/mol. The summed E-state index contributed by atoms with van der Waals surface area (Å²) in [4.78, 5) is 12.3. The van der Waals surface area contributed by atoms with Crippen molar-refractivity contribution in [2.24, 2.45) is 11.3 Å². The molecular weight excluding hydrogens is 272 g/mol. The molecule has 1 aromatic rings. The van der Waals surface area contributed by atoms with Crippen molar-refractivity contribution in [3.8, 4) is 0 Å². The van der Waals surface area contributed by atoms with Gasteiger partial charge in [-0.2, -0.15) is 0 Å². The number of halogens is 1. The zero-order valence-electron chi connectivity index (χ0n) is 11.9. The standard InChI is InChI=1S/C16H22N2O.ClH/c1-12(13-5-3-2-4-6-13)18-15(19)14-11-16(14)7-9-17-10-8-16;/h2-6,12,14,17H,7-11H2,1H3,(H,18,19);1H. The normalized spacial score (nSPS) is 24.6. The van der Waals surface area contributed by atoms with Gasteiger partial charge in [0.1, 0.15) is 0 Å². The first-order chi connectivity index (χ1) is 9.21. The zero-order valence-corrected chi connectivity index (χ0v) is 12.7. The van der Waals surface area contributed by atoms with Crippen LogP contribution in [0.2, 0.25) is 0 Å². The van der Waals surface area contributed by atoms with E-state index < -0.39 is 0 Å². The van der Waals surface area contributed by atoms with E-state index in [1.807, 2.05) is 18.2 Å². The van der Waals surface area contributed by atoms with Gasteiger partial charge in [-0.15, -0.1) is 12.4 Å². The minimum Gasteiger partial charge on any atom is -0.349 e. The molecule has 1 aromatic carbocycles. The smallest absolute Gasteiger partial charge is 0.224 e. The molecule has 2 aliphatic rings. The second kappa shape index (κ2) is 6.15. The van der Waals surface area contributed by atoms with Crippen LogP contribution in [0, 0.1) is 11.3 Å². The molecule has 2 N–H and O–H groups in total. The Hall–Kier alpha value is -1.06. The molecule has 0 radical (unpaired) electrons. The van der Waals surface area contributed by atoms with Crippen LogP contribution in [0.1, 0.15) is 37.8 Å². The fourth-order valence-corrected chi connectivity index (χ4v) is 3.33. The maximum atomic E-state index is 12.3. The second-order valence-corrected chi connectivity index (χ2v) is 6.01. The molecule has 110 valence electrons. The molecule has 3 rings (SSSR count). The van der Waals surface area contributed by atoms with Gasteiger partial charge in [-0.3, -0.25) is 4.79 Å². The van der Waals surface area contributed by atoms with Gasteiger partial charge < -0.3 is 10.6 Å². The first-order valence-corrected chi connectivity index (χ1v) is 7.27. The second-order valence-electron chi connectivity index (χ2n) is 6.01. The highest BCUT2D eigenvalue weighted by molar-refractivity contribution is 5.85. The molecule has 20 heavy (non-hydrogen) atoms. The first kappa shape index (κ1) is 15.3. The highest BCUT2D eigenvalue weighted by Crippen LogP contribution is 2.58. The van der Waals surface area contributed by atoms with Gasteiger partial charge in [0.25, 0.3) is 0 Å². The van der Waals surface area contributed by atoms with Crippen LogP contribution in [0.3, 0.4) is 0 Å². The van der Waals surface area contributed by atoms with Crippen LogP contribution in [0.25, 0.3) is 0 Å². The van der Waals surface area contributed by atoms with Crippen molar-refractivity contribution in [3.63, 3.8) is 0 Å². The summed E-state index contributed by atoms with van der Waals surface area (Å²) in [6.45, 7) is 4.20. The van der Waals surface area contributed by atoms with E-state index in [1.54, 1.807) is 0 Å². The van der Waals surface area contributed by atoms with Crippen molar-refractivity contribution in [3.05, 3.63) is 35.9 Å². The van der Waals surface area contributed by atoms with Crippen molar-refractivity contribution >= 4 is 18.3 Å². The number of hydrogen-bond acceptors (Lipinski definition) is 2. The summed E-state index contributed by atoms with van der Waals surface area (Å²) in [6, 6.07) is 10.3. The lowest BCUT2D eigenvalue weighted by Gasteiger charge is -2.23. The van der Waals surface area contributed by atoms with E-state index in [0.717, 1.165) is 32.4 Å². The molecule has 1 saturated heterocycles. The number of benzene rings is 1. The summed E-state index contributed by atoms with van der Waals surface area (Å²) in [5.74, 6) is 0.499. The Bertz CT molecular complexity index is 457. The molecule has 1 spiro atoms. The van der Waals surface area contributed by atoms with Gasteiger partial charge in [-0.25, -0.2) is 0 Å². The Balaban J connectivity index is 0.00000147. The topological polar surface area (TPSA) is 41.1 Å². The summed E-state index contributed by atoms with van der Waals surface area (Å²) in [5.41, 5.74) is 1.50. The molecule has 2 atom stereocenters. The number of carbonyl (C=O) groups is 1. The maximum Gasteiger partial charge on any atom is 0.224 e. The van der Waals surface area contributed by atoms with E-state index in [1.165, 1.54) is 5.56 Å². The fraction of sp³-hybridized carbons (Fsp3) is 0.562. The van der Waals surface area contributed by atoms with Crippen molar-refractivity contribution in [1.82, 2.24) is 10.6 Å². The monoisotopic (exact) mass is 294 g/mol. The van der Waals surface area contributed by atoms with Crippen LogP contribution < -0.4 is 10.6 Å². The summed E-state index contributed by atoms with van der Waals surface area (Å²) in [6.07, 6.45) is 3.40. The average Bonchev–Trinajstić information content (AvgIpc) is 3.14. The minimum absolute atomic E-state index is 0. The third kappa shape index (κ3) is 2.99. The number of amides is 1. The van der Waals surface area contributed by atoms with Crippen LogP contribution in [-0.2, 0) is 4.79 Å². The number of hydrogen-bond donors (Lipinski definition) is 2. The molecule has 1 saturated carbocycles. The molecule has 0 aromatic heterocycles. The van der Waals surface area contributed by atoms with E-state index in [2.05, 4.69) is 29.7 Å². The lowest BCUT2D eigenvalue weighted by Crippen LogP contribution is -2.34. The van der Waals surface area contributed by atoms with Crippen molar-refractivity contribution in [2.75, 3.05) is 13.1 Å². The Kier molecular flexibility index (Phi) is 4.71. The molecule has 1 aliphatic carbocycles. The lowest BCUT2D eigenvalue weighted by atomic mass is 9.91. The van der Waals surface area contributed by atoms with E-state index in [9.17, 15) is 4.79 Å². The highest BCUT2D eigenvalue weighted by Gasteiger charge is 2.57. The Labute approximate surface area is 126 Å². The Morgan fingerprint density at radius 1 is 1.30 bits per heavy atom. The number of nitrogens with one attached hydrogen (secondary N) is 2. The molecule has 1 heterocycles. The average molecular weight is 295 g/mol. The van der Waals surface area contributed by atoms with Crippen LogP contribution in [0.15, 0.2) is 30.3 Å². The zero-order chi connectivity index (χ0) is 13.3. The van der Waals surface area contributed by atoms with Crippen LogP contribution in [0.4, 0.5) is 0 Å². The summed E-state index contributed by atoms with van der Waals surface area (Å²) >= 11 is 0. The van der Waals surface area contributed by atoms with Gasteiger partial charge in [0.05, 0.1) is 6.04 Å². The molecule has 2 unspecified atom stereocenters.